The number of carbonyl (C=O) groups is 1. The van der Waals surface area contributed by atoms with Gasteiger partial charge in [-0.05, 0) is 24.6 Å². The molecule has 18 heavy (non-hydrogen) atoms. The minimum absolute atomic E-state index is 0.721. The molecule has 0 aliphatic heterocycles. The van der Waals surface area contributed by atoms with Crippen LogP contribution in [-0.2, 0) is 6.54 Å². The highest BCUT2D eigenvalue weighted by Gasteiger charge is 2.05. The van der Waals surface area contributed by atoms with Gasteiger partial charge in [0.15, 0.2) is 0 Å². The molecule has 0 amide bonds. The Bertz CT molecular complexity index is 508. The molecule has 2 nitrogen and oxygen atoms in total. The van der Waals surface area contributed by atoms with E-state index >= 15 is 0 Å². The van der Waals surface area contributed by atoms with Gasteiger partial charge in [0, 0.05) is 24.3 Å². The SMILES string of the molecule is CCN(Cc1ccccc1)c1cccc(C=O)c1. The number of hydrogen-bond acceptors (Lipinski definition) is 2. The van der Waals surface area contributed by atoms with Gasteiger partial charge in [0.1, 0.15) is 6.29 Å². The summed E-state index contributed by atoms with van der Waals surface area (Å²) in [6, 6.07) is 18.1. The van der Waals surface area contributed by atoms with Gasteiger partial charge in [0.2, 0.25) is 0 Å². The summed E-state index contributed by atoms with van der Waals surface area (Å²) in [6.45, 7) is 3.90. The third kappa shape index (κ3) is 2.98. The molecule has 0 atom stereocenters. The van der Waals surface area contributed by atoms with Crippen LogP contribution >= 0.6 is 0 Å². The molecule has 2 aromatic rings. The maximum Gasteiger partial charge on any atom is 0.150 e. The molecule has 0 aliphatic carbocycles. The average molecular weight is 239 g/mol. The predicted molar refractivity (Wildman–Crippen MR) is 75.0 cm³/mol. The van der Waals surface area contributed by atoms with Crippen LogP contribution in [0.3, 0.4) is 0 Å². The van der Waals surface area contributed by atoms with Crippen LogP contribution in [0.5, 0.6) is 0 Å². The molecule has 0 heterocycles. The molecule has 0 saturated heterocycles. The van der Waals surface area contributed by atoms with Gasteiger partial charge in [-0.2, -0.15) is 0 Å². The Morgan fingerprint density at radius 3 is 2.50 bits per heavy atom. The van der Waals surface area contributed by atoms with Crippen LogP contribution < -0.4 is 4.90 Å². The molecule has 0 aromatic heterocycles. The van der Waals surface area contributed by atoms with Crippen molar-refractivity contribution in [2.45, 2.75) is 13.5 Å². The van der Waals surface area contributed by atoms with E-state index in [4.69, 9.17) is 0 Å². The molecule has 2 heteroatoms. The zero-order valence-corrected chi connectivity index (χ0v) is 10.5. The third-order valence-electron chi connectivity index (χ3n) is 2.97. The molecule has 0 unspecified atom stereocenters. The summed E-state index contributed by atoms with van der Waals surface area (Å²) in [5.41, 5.74) is 3.08. The van der Waals surface area contributed by atoms with Crippen molar-refractivity contribution in [1.29, 1.82) is 0 Å². The summed E-state index contributed by atoms with van der Waals surface area (Å²) in [7, 11) is 0. The lowest BCUT2D eigenvalue weighted by molar-refractivity contribution is 0.112. The van der Waals surface area contributed by atoms with Crippen LogP contribution in [0.2, 0.25) is 0 Å². The maximum absolute atomic E-state index is 10.8. The average Bonchev–Trinajstić information content (AvgIpc) is 2.46. The van der Waals surface area contributed by atoms with Gasteiger partial charge in [-0.25, -0.2) is 0 Å². The fraction of sp³-hybridized carbons (Fsp3) is 0.188. The molecule has 0 radical (unpaired) electrons. The smallest absolute Gasteiger partial charge is 0.150 e. The van der Waals surface area contributed by atoms with Crippen molar-refractivity contribution in [3.8, 4) is 0 Å². The minimum Gasteiger partial charge on any atom is -0.367 e. The second-order valence-corrected chi connectivity index (χ2v) is 4.21. The van der Waals surface area contributed by atoms with E-state index < -0.39 is 0 Å². The largest absolute Gasteiger partial charge is 0.367 e. The van der Waals surface area contributed by atoms with Crippen molar-refractivity contribution in [2.24, 2.45) is 0 Å². The zero-order chi connectivity index (χ0) is 12.8. The highest BCUT2D eigenvalue weighted by atomic mass is 16.1. The van der Waals surface area contributed by atoms with Gasteiger partial charge < -0.3 is 4.90 Å². The highest BCUT2D eigenvalue weighted by molar-refractivity contribution is 5.77. The molecule has 2 rings (SSSR count). The summed E-state index contributed by atoms with van der Waals surface area (Å²) in [5.74, 6) is 0. The molecule has 2 aromatic carbocycles. The Balaban J connectivity index is 2.20. The van der Waals surface area contributed by atoms with Crippen molar-refractivity contribution < 1.29 is 4.79 Å². The zero-order valence-electron chi connectivity index (χ0n) is 10.5. The molecule has 0 bridgehead atoms. The molecule has 92 valence electrons. The fourth-order valence-corrected chi connectivity index (χ4v) is 1.98. The summed E-state index contributed by atoms with van der Waals surface area (Å²) < 4.78 is 0. The molecular formula is C16H17NO. The first-order valence-electron chi connectivity index (χ1n) is 6.17. The lowest BCUT2D eigenvalue weighted by Gasteiger charge is -2.23. The second-order valence-electron chi connectivity index (χ2n) is 4.21. The normalized spacial score (nSPS) is 10.1. The number of aldehydes is 1. The third-order valence-corrected chi connectivity index (χ3v) is 2.97. The quantitative estimate of drug-likeness (QED) is 0.744. The molecule has 0 saturated carbocycles. The Labute approximate surface area is 108 Å². The highest BCUT2D eigenvalue weighted by Crippen LogP contribution is 2.18. The first-order valence-corrected chi connectivity index (χ1v) is 6.17. The number of carbonyl (C=O) groups excluding carboxylic acids is 1. The molecular weight excluding hydrogens is 222 g/mol. The summed E-state index contributed by atoms with van der Waals surface area (Å²) in [5, 5.41) is 0. The van der Waals surface area contributed by atoms with E-state index in [-0.39, 0.29) is 0 Å². The molecule has 0 fully saturated rings. The number of hydrogen-bond donors (Lipinski definition) is 0. The topological polar surface area (TPSA) is 20.3 Å². The minimum atomic E-state index is 0.721. The van der Waals surface area contributed by atoms with Gasteiger partial charge in [-0.3, -0.25) is 4.79 Å². The van der Waals surface area contributed by atoms with Gasteiger partial charge in [-0.15, -0.1) is 0 Å². The number of anilines is 1. The van der Waals surface area contributed by atoms with Crippen molar-refractivity contribution in [3.05, 3.63) is 65.7 Å². The summed E-state index contributed by atoms with van der Waals surface area (Å²) in [4.78, 5) is 13.1. The molecule has 0 N–H and O–H groups in total. The number of benzene rings is 2. The van der Waals surface area contributed by atoms with Crippen LogP contribution in [-0.4, -0.2) is 12.8 Å². The lowest BCUT2D eigenvalue weighted by Crippen LogP contribution is -2.21. The van der Waals surface area contributed by atoms with Crippen molar-refractivity contribution in [3.63, 3.8) is 0 Å². The van der Waals surface area contributed by atoms with Crippen LogP contribution in [0.25, 0.3) is 0 Å². The van der Waals surface area contributed by atoms with Gasteiger partial charge in [-0.1, -0.05) is 42.5 Å². The lowest BCUT2D eigenvalue weighted by atomic mass is 10.1. The number of nitrogens with zero attached hydrogens (tertiary/aromatic N) is 1. The van der Waals surface area contributed by atoms with E-state index in [1.165, 1.54) is 5.56 Å². The first-order chi connectivity index (χ1) is 8.83. The molecule has 0 aliphatic rings. The van der Waals surface area contributed by atoms with E-state index in [1.807, 2.05) is 42.5 Å². The van der Waals surface area contributed by atoms with Crippen LogP contribution in [0, 0.1) is 0 Å². The monoisotopic (exact) mass is 239 g/mol. The van der Waals surface area contributed by atoms with Crippen LogP contribution in [0.1, 0.15) is 22.8 Å². The van der Waals surface area contributed by atoms with Crippen LogP contribution in [0.4, 0.5) is 5.69 Å². The Morgan fingerprint density at radius 2 is 1.83 bits per heavy atom. The Morgan fingerprint density at radius 1 is 1.06 bits per heavy atom. The van der Waals surface area contributed by atoms with Gasteiger partial charge >= 0.3 is 0 Å². The molecule has 0 spiro atoms. The van der Waals surface area contributed by atoms with Crippen molar-refractivity contribution >= 4 is 12.0 Å². The van der Waals surface area contributed by atoms with Crippen molar-refractivity contribution in [1.82, 2.24) is 0 Å². The van der Waals surface area contributed by atoms with E-state index in [0.717, 1.165) is 30.6 Å². The van der Waals surface area contributed by atoms with E-state index in [9.17, 15) is 4.79 Å². The van der Waals surface area contributed by atoms with E-state index in [2.05, 4.69) is 24.0 Å². The summed E-state index contributed by atoms with van der Waals surface area (Å²) >= 11 is 0. The van der Waals surface area contributed by atoms with Gasteiger partial charge in [0.25, 0.3) is 0 Å². The van der Waals surface area contributed by atoms with Crippen LogP contribution in [0.15, 0.2) is 54.6 Å². The number of rotatable bonds is 5. The Hall–Kier alpha value is -2.09. The van der Waals surface area contributed by atoms with Gasteiger partial charge in [0.05, 0.1) is 0 Å². The Kier molecular flexibility index (Phi) is 4.13. The standard InChI is InChI=1S/C16H17NO/c1-2-17(12-14-7-4-3-5-8-14)16-10-6-9-15(11-16)13-18/h3-11,13H,2,12H2,1H3. The second kappa shape index (κ2) is 6.01. The predicted octanol–water partition coefficient (Wildman–Crippen LogP) is 3.53. The summed E-state index contributed by atoms with van der Waals surface area (Å²) in [6.07, 6.45) is 0.889. The maximum atomic E-state index is 10.8. The van der Waals surface area contributed by atoms with Crippen molar-refractivity contribution in [2.75, 3.05) is 11.4 Å². The fourth-order valence-electron chi connectivity index (χ4n) is 1.98. The first kappa shape index (κ1) is 12.4. The van der Waals surface area contributed by atoms with E-state index in [1.54, 1.807) is 0 Å². The van der Waals surface area contributed by atoms with E-state index in [0.29, 0.717) is 0 Å².